The van der Waals surface area contributed by atoms with E-state index in [0.29, 0.717) is 19.1 Å². The van der Waals surface area contributed by atoms with Crippen LogP contribution in [0.1, 0.15) is 25.2 Å². The van der Waals surface area contributed by atoms with Gasteiger partial charge in [-0.25, -0.2) is 17.2 Å². The number of nitrogens with zero attached hydrogens (tertiary/aromatic N) is 1. The molecule has 0 saturated carbocycles. The molecule has 1 N–H and O–H groups in total. The molecule has 0 amide bonds. The monoisotopic (exact) mass is 316 g/mol. The minimum Gasteiger partial charge on any atom is -0.359 e. The molecule has 0 atom stereocenters. The summed E-state index contributed by atoms with van der Waals surface area (Å²) >= 11 is 0. The SMILES string of the molecule is CCc1oncc1NS(=O)(=O)c1cccc(C(C)(F)F)c1. The fraction of sp³-hybridized carbons (Fsp3) is 0.308. The van der Waals surface area contributed by atoms with Gasteiger partial charge in [-0.1, -0.05) is 24.2 Å². The lowest BCUT2D eigenvalue weighted by molar-refractivity contribution is 0.0172. The van der Waals surface area contributed by atoms with Crippen LogP contribution in [0.5, 0.6) is 0 Å². The Morgan fingerprint density at radius 3 is 2.71 bits per heavy atom. The smallest absolute Gasteiger partial charge is 0.270 e. The zero-order chi connectivity index (χ0) is 15.7. The fourth-order valence-corrected chi connectivity index (χ4v) is 2.86. The first kappa shape index (κ1) is 15.4. The second-order valence-electron chi connectivity index (χ2n) is 4.54. The first-order valence-corrected chi connectivity index (χ1v) is 7.67. The third kappa shape index (κ3) is 3.38. The molecule has 8 heteroatoms. The zero-order valence-corrected chi connectivity index (χ0v) is 12.2. The van der Waals surface area contributed by atoms with Crippen molar-refractivity contribution in [3.05, 3.63) is 41.8 Å². The van der Waals surface area contributed by atoms with Gasteiger partial charge < -0.3 is 4.52 Å². The van der Waals surface area contributed by atoms with Crippen molar-refractivity contribution in [2.75, 3.05) is 4.72 Å². The molecule has 1 aromatic heterocycles. The first-order chi connectivity index (χ1) is 9.74. The highest BCUT2D eigenvalue weighted by Gasteiger charge is 2.26. The molecule has 21 heavy (non-hydrogen) atoms. The summed E-state index contributed by atoms with van der Waals surface area (Å²) in [6, 6.07) is 4.64. The van der Waals surface area contributed by atoms with Crippen molar-refractivity contribution in [1.82, 2.24) is 5.16 Å². The van der Waals surface area contributed by atoms with Crippen molar-refractivity contribution >= 4 is 15.7 Å². The average molecular weight is 316 g/mol. The average Bonchev–Trinajstić information content (AvgIpc) is 2.84. The van der Waals surface area contributed by atoms with Gasteiger partial charge in [-0.2, -0.15) is 0 Å². The van der Waals surface area contributed by atoms with Crippen LogP contribution in [0.15, 0.2) is 39.9 Å². The number of alkyl halides is 2. The van der Waals surface area contributed by atoms with Crippen LogP contribution in [-0.4, -0.2) is 13.6 Å². The summed E-state index contributed by atoms with van der Waals surface area (Å²) in [5.74, 6) is -2.74. The van der Waals surface area contributed by atoms with E-state index in [0.717, 1.165) is 6.07 Å². The predicted octanol–water partition coefficient (Wildman–Crippen LogP) is 3.15. The molecule has 2 aromatic rings. The van der Waals surface area contributed by atoms with Gasteiger partial charge in [0.15, 0.2) is 5.76 Å². The number of nitrogens with one attached hydrogen (secondary N) is 1. The van der Waals surface area contributed by atoms with Gasteiger partial charge in [-0.05, 0) is 12.1 Å². The summed E-state index contributed by atoms with van der Waals surface area (Å²) in [6.45, 7) is 2.48. The van der Waals surface area contributed by atoms with E-state index in [1.54, 1.807) is 6.92 Å². The molecule has 5 nitrogen and oxygen atoms in total. The molecule has 0 aliphatic carbocycles. The molecule has 2 rings (SSSR count). The molecular weight excluding hydrogens is 302 g/mol. The van der Waals surface area contributed by atoms with Crippen molar-refractivity contribution in [3.63, 3.8) is 0 Å². The van der Waals surface area contributed by atoms with Gasteiger partial charge in [-0.15, -0.1) is 0 Å². The van der Waals surface area contributed by atoms with Gasteiger partial charge in [0.25, 0.3) is 15.9 Å². The molecule has 0 unspecified atom stereocenters. The fourth-order valence-electron chi connectivity index (χ4n) is 1.74. The van der Waals surface area contributed by atoms with Gasteiger partial charge in [0.1, 0.15) is 5.69 Å². The largest absolute Gasteiger partial charge is 0.359 e. The van der Waals surface area contributed by atoms with Crippen molar-refractivity contribution in [2.45, 2.75) is 31.1 Å². The quantitative estimate of drug-likeness (QED) is 0.919. The molecular formula is C13H14F2N2O3S. The van der Waals surface area contributed by atoms with E-state index in [4.69, 9.17) is 4.52 Å². The van der Waals surface area contributed by atoms with Crippen molar-refractivity contribution in [3.8, 4) is 0 Å². The second kappa shape index (κ2) is 5.44. The van der Waals surface area contributed by atoms with Gasteiger partial charge in [0.2, 0.25) is 0 Å². The number of anilines is 1. The molecule has 0 aliphatic rings. The number of halogens is 2. The standard InChI is InChI=1S/C13H14F2N2O3S/c1-3-12-11(8-16-20-12)17-21(18,19)10-6-4-5-9(7-10)13(2,14)15/h4-8,17H,3H2,1-2H3. The highest BCUT2D eigenvalue weighted by molar-refractivity contribution is 7.92. The van der Waals surface area contributed by atoms with Crippen LogP contribution >= 0.6 is 0 Å². The first-order valence-electron chi connectivity index (χ1n) is 6.19. The summed E-state index contributed by atoms with van der Waals surface area (Å²) in [6.07, 6.45) is 1.68. The van der Waals surface area contributed by atoms with Gasteiger partial charge >= 0.3 is 0 Å². The summed E-state index contributed by atoms with van der Waals surface area (Å²) in [4.78, 5) is -0.246. The third-order valence-electron chi connectivity index (χ3n) is 2.86. The molecule has 114 valence electrons. The summed E-state index contributed by atoms with van der Waals surface area (Å²) in [7, 11) is -3.98. The third-order valence-corrected chi connectivity index (χ3v) is 4.22. The Hall–Kier alpha value is -1.96. The van der Waals surface area contributed by atoms with E-state index >= 15 is 0 Å². The molecule has 1 aromatic carbocycles. The van der Waals surface area contributed by atoms with E-state index in [9.17, 15) is 17.2 Å². The zero-order valence-electron chi connectivity index (χ0n) is 11.4. The molecule has 0 bridgehead atoms. The normalized spacial score (nSPS) is 12.4. The Morgan fingerprint density at radius 1 is 1.38 bits per heavy atom. The number of aryl methyl sites for hydroxylation is 1. The number of sulfonamides is 1. The van der Waals surface area contributed by atoms with Gasteiger partial charge in [0.05, 0.1) is 11.1 Å². The van der Waals surface area contributed by atoms with Crippen LogP contribution in [0.25, 0.3) is 0 Å². The Balaban J connectivity index is 2.36. The maximum atomic E-state index is 13.3. The maximum absolute atomic E-state index is 13.3. The molecule has 1 heterocycles. The molecule has 0 fully saturated rings. The van der Waals surface area contributed by atoms with Crippen LogP contribution in [-0.2, 0) is 22.4 Å². The van der Waals surface area contributed by atoms with Crippen LogP contribution in [0.4, 0.5) is 14.5 Å². The second-order valence-corrected chi connectivity index (χ2v) is 6.22. The number of aromatic nitrogens is 1. The van der Waals surface area contributed by atoms with Gasteiger partial charge in [0, 0.05) is 18.9 Å². The Labute approximate surface area is 121 Å². The van der Waals surface area contributed by atoms with Crippen LogP contribution in [0, 0.1) is 0 Å². The lowest BCUT2D eigenvalue weighted by Crippen LogP contribution is -2.15. The van der Waals surface area contributed by atoms with Crippen molar-refractivity contribution in [2.24, 2.45) is 0 Å². The summed E-state index contributed by atoms with van der Waals surface area (Å²) in [5, 5.41) is 3.51. The number of hydrogen-bond donors (Lipinski definition) is 1. The van der Waals surface area contributed by atoms with Gasteiger partial charge in [-0.3, -0.25) is 4.72 Å². The lowest BCUT2D eigenvalue weighted by atomic mass is 10.1. The van der Waals surface area contributed by atoms with Crippen LogP contribution in [0.2, 0.25) is 0 Å². The van der Waals surface area contributed by atoms with Crippen LogP contribution in [0.3, 0.4) is 0 Å². The number of benzene rings is 1. The minimum absolute atomic E-state index is 0.200. The predicted molar refractivity (Wildman–Crippen MR) is 72.7 cm³/mol. The minimum atomic E-state index is -3.98. The Bertz CT molecular complexity index is 736. The van der Waals surface area contributed by atoms with E-state index in [-0.39, 0.29) is 16.1 Å². The van der Waals surface area contributed by atoms with E-state index < -0.39 is 15.9 Å². The van der Waals surface area contributed by atoms with Crippen molar-refractivity contribution < 1.29 is 21.7 Å². The molecule has 0 radical (unpaired) electrons. The number of rotatable bonds is 5. The van der Waals surface area contributed by atoms with E-state index in [2.05, 4.69) is 9.88 Å². The Kier molecular flexibility index (Phi) is 3.99. The Morgan fingerprint density at radius 2 is 2.10 bits per heavy atom. The van der Waals surface area contributed by atoms with E-state index in [1.165, 1.54) is 24.4 Å². The summed E-state index contributed by atoms with van der Waals surface area (Å²) in [5.41, 5.74) is -0.169. The number of hydrogen-bond acceptors (Lipinski definition) is 4. The molecule has 0 aliphatic heterocycles. The van der Waals surface area contributed by atoms with Crippen LogP contribution < -0.4 is 4.72 Å². The summed E-state index contributed by atoms with van der Waals surface area (Å²) < 4.78 is 58.2. The van der Waals surface area contributed by atoms with E-state index in [1.807, 2.05) is 0 Å². The molecule has 0 saturated heterocycles. The maximum Gasteiger partial charge on any atom is 0.270 e. The lowest BCUT2D eigenvalue weighted by Gasteiger charge is -2.12. The topological polar surface area (TPSA) is 72.2 Å². The highest BCUT2D eigenvalue weighted by Crippen LogP contribution is 2.29. The van der Waals surface area contributed by atoms with Crippen molar-refractivity contribution in [1.29, 1.82) is 0 Å². The molecule has 0 spiro atoms. The highest BCUT2D eigenvalue weighted by atomic mass is 32.2.